The maximum absolute atomic E-state index is 12.9. The summed E-state index contributed by atoms with van der Waals surface area (Å²) in [6.07, 6.45) is 0. The molecular weight excluding hydrogens is 445 g/mol. The van der Waals surface area contributed by atoms with Crippen LogP contribution in [0.1, 0.15) is 23.5 Å². The monoisotopic (exact) mass is 461 g/mol. The molecule has 1 N–H and O–H groups in total. The highest BCUT2D eigenvalue weighted by Gasteiger charge is 2.30. The van der Waals surface area contributed by atoms with Gasteiger partial charge in [0.1, 0.15) is 4.88 Å². The molecule has 2 aromatic rings. The van der Waals surface area contributed by atoms with Gasteiger partial charge in [0.2, 0.25) is 0 Å². The van der Waals surface area contributed by atoms with E-state index in [-0.39, 0.29) is 25.0 Å². The Bertz CT molecular complexity index is 952. The quantitative estimate of drug-likeness (QED) is 0.692. The molecule has 0 bridgehead atoms. The van der Waals surface area contributed by atoms with Crippen molar-refractivity contribution in [2.45, 2.75) is 19.9 Å². The van der Waals surface area contributed by atoms with Crippen molar-refractivity contribution in [3.05, 3.63) is 32.1 Å². The van der Waals surface area contributed by atoms with Crippen LogP contribution < -0.4 is 5.32 Å². The van der Waals surface area contributed by atoms with Crippen molar-refractivity contribution < 1.29 is 14.4 Å². The minimum atomic E-state index is -0.631. The number of thiophene rings is 1. The highest BCUT2D eigenvalue weighted by molar-refractivity contribution is 7.21. The van der Waals surface area contributed by atoms with Gasteiger partial charge < -0.3 is 15.1 Å². The second-order valence-electron chi connectivity index (χ2n) is 6.72. The summed E-state index contributed by atoms with van der Waals surface area (Å²) in [6, 6.07) is 3.19. The van der Waals surface area contributed by atoms with Gasteiger partial charge in [0.05, 0.1) is 10.0 Å². The lowest BCUT2D eigenvalue weighted by molar-refractivity contribution is -0.147. The molecule has 1 fully saturated rings. The van der Waals surface area contributed by atoms with Crippen molar-refractivity contribution in [1.29, 1.82) is 0 Å². The molecule has 0 saturated carbocycles. The van der Waals surface area contributed by atoms with Crippen LogP contribution in [0, 0.1) is 0 Å². The van der Waals surface area contributed by atoms with E-state index in [1.807, 2.05) is 0 Å². The molecule has 6 nitrogen and oxygen atoms in total. The van der Waals surface area contributed by atoms with E-state index >= 15 is 0 Å². The lowest BCUT2D eigenvalue weighted by Gasteiger charge is -2.34. The third kappa shape index (κ3) is 4.22. The highest BCUT2D eigenvalue weighted by Crippen LogP contribution is 2.41. The van der Waals surface area contributed by atoms with Gasteiger partial charge in [-0.2, -0.15) is 0 Å². The lowest BCUT2D eigenvalue weighted by atomic mass is 10.2. The molecule has 0 unspecified atom stereocenters. The first kappa shape index (κ1) is 21.2. The molecule has 1 aromatic heterocycles. The summed E-state index contributed by atoms with van der Waals surface area (Å²) in [4.78, 5) is 40.4. The molecule has 0 spiro atoms. The van der Waals surface area contributed by atoms with Crippen molar-refractivity contribution in [2.24, 2.45) is 0 Å². The van der Waals surface area contributed by atoms with Gasteiger partial charge in [-0.05, 0) is 26.0 Å². The van der Waals surface area contributed by atoms with E-state index in [1.165, 1.54) is 16.2 Å². The van der Waals surface area contributed by atoms with Crippen LogP contribution in [0.2, 0.25) is 15.1 Å². The largest absolute Gasteiger partial charge is 0.346 e. The number of piperazine rings is 1. The average molecular weight is 463 g/mol. The fourth-order valence-corrected chi connectivity index (χ4v) is 5.31. The van der Waals surface area contributed by atoms with Crippen molar-refractivity contribution in [2.75, 3.05) is 26.2 Å². The van der Waals surface area contributed by atoms with Crippen molar-refractivity contribution in [3.63, 3.8) is 0 Å². The van der Waals surface area contributed by atoms with Crippen molar-refractivity contribution in [1.82, 2.24) is 15.1 Å². The summed E-state index contributed by atoms with van der Waals surface area (Å²) in [5.74, 6) is -1.44. The predicted octanol–water partition coefficient (Wildman–Crippen LogP) is 3.67. The number of amides is 3. The number of carbonyl (C=O) groups excluding carboxylic acids is 3. The number of hydrogen-bond donors (Lipinski definition) is 1. The Hall–Kier alpha value is -1.54. The minimum Gasteiger partial charge on any atom is -0.346 e. The Morgan fingerprint density at radius 1 is 1.04 bits per heavy atom. The highest BCUT2D eigenvalue weighted by atomic mass is 35.5. The molecule has 3 amide bonds. The third-order valence-corrected chi connectivity index (χ3v) is 6.44. The first-order valence-electron chi connectivity index (χ1n) is 8.65. The number of nitrogens with one attached hydrogen (secondary N) is 1. The first-order chi connectivity index (χ1) is 13.2. The molecule has 0 atom stereocenters. The molecule has 3 rings (SSSR count). The van der Waals surface area contributed by atoms with Gasteiger partial charge in [-0.3, -0.25) is 14.4 Å². The summed E-state index contributed by atoms with van der Waals surface area (Å²) >= 11 is 19.9. The number of benzene rings is 1. The molecule has 1 aliphatic rings. The molecule has 150 valence electrons. The van der Waals surface area contributed by atoms with Gasteiger partial charge in [0, 0.05) is 47.3 Å². The molecule has 0 radical (unpaired) electrons. The van der Waals surface area contributed by atoms with Crippen LogP contribution in [-0.4, -0.2) is 59.7 Å². The normalized spacial score (nSPS) is 14.6. The molecule has 10 heteroatoms. The van der Waals surface area contributed by atoms with Gasteiger partial charge in [-0.1, -0.05) is 34.8 Å². The molecule has 1 aliphatic heterocycles. The molecular formula is C18H18Cl3N3O3S. The molecule has 1 saturated heterocycles. The van der Waals surface area contributed by atoms with E-state index in [0.717, 1.165) is 4.70 Å². The van der Waals surface area contributed by atoms with E-state index in [1.54, 1.807) is 30.9 Å². The van der Waals surface area contributed by atoms with E-state index in [4.69, 9.17) is 34.8 Å². The molecule has 2 heterocycles. The predicted molar refractivity (Wildman–Crippen MR) is 113 cm³/mol. The number of halogens is 3. The fraction of sp³-hybridized carbons (Fsp3) is 0.389. The number of carbonyl (C=O) groups is 3. The maximum atomic E-state index is 12.9. The topological polar surface area (TPSA) is 69.7 Å². The average Bonchev–Trinajstić information content (AvgIpc) is 2.96. The van der Waals surface area contributed by atoms with Gasteiger partial charge in [0.15, 0.2) is 0 Å². The Balaban J connectivity index is 1.71. The number of nitrogens with zero attached hydrogens (tertiary/aromatic N) is 2. The van der Waals surface area contributed by atoms with Crippen LogP contribution in [0.5, 0.6) is 0 Å². The Morgan fingerprint density at radius 3 is 2.25 bits per heavy atom. The number of fused-ring (bicyclic) bond motifs is 1. The summed E-state index contributed by atoms with van der Waals surface area (Å²) in [6.45, 7) is 4.78. The summed E-state index contributed by atoms with van der Waals surface area (Å²) in [5, 5.41) is 4.37. The third-order valence-electron chi connectivity index (χ3n) is 4.31. The minimum absolute atomic E-state index is 0.116. The molecule has 1 aromatic carbocycles. The molecule has 0 aliphatic carbocycles. The SMILES string of the molecule is CC(C)NC(=O)C(=O)N1CCN(C(=O)c2sc3cc(Cl)cc(Cl)c3c2Cl)CC1. The van der Waals surface area contributed by atoms with E-state index in [0.29, 0.717) is 38.4 Å². The molecule has 28 heavy (non-hydrogen) atoms. The van der Waals surface area contributed by atoms with E-state index < -0.39 is 11.8 Å². The van der Waals surface area contributed by atoms with Crippen molar-refractivity contribution >= 4 is 73.9 Å². The number of hydrogen-bond acceptors (Lipinski definition) is 4. The summed E-state index contributed by atoms with van der Waals surface area (Å²) < 4.78 is 0.741. The maximum Gasteiger partial charge on any atom is 0.312 e. The van der Waals surface area contributed by atoms with E-state index in [9.17, 15) is 14.4 Å². The van der Waals surface area contributed by atoms with Crippen molar-refractivity contribution in [3.8, 4) is 0 Å². The lowest BCUT2D eigenvalue weighted by Crippen LogP contribution is -2.54. The van der Waals surface area contributed by atoms with Gasteiger partial charge >= 0.3 is 11.8 Å². The van der Waals surface area contributed by atoms with Crippen LogP contribution in [0.3, 0.4) is 0 Å². The Kier molecular flexibility index (Phi) is 6.39. The second kappa shape index (κ2) is 8.45. The van der Waals surface area contributed by atoms with Gasteiger partial charge in [-0.15, -0.1) is 11.3 Å². The van der Waals surface area contributed by atoms with Crippen LogP contribution in [0.15, 0.2) is 12.1 Å². The number of rotatable bonds is 2. The zero-order valence-corrected chi connectivity index (χ0v) is 18.3. The fourth-order valence-electron chi connectivity index (χ4n) is 2.97. The summed E-state index contributed by atoms with van der Waals surface area (Å²) in [7, 11) is 0. The first-order valence-corrected chi connectivity index (χ1v) is 10.6. The zero-order chi connectivity index (χ0) is 20.6. The Labute approximate surface area is 181 Å². The summed E-state index contributed by atoms with van der Waals surface area (Å²) in [5.41, 5.74) is 0. The smallest absolute Gasteiger partial charge is 0.312 e. The second-order valence-corrected chi connectivity index (χ2v) is 8.99. The van der Waals surface area contributed by atoms with Crippen LogP contribution in [0.4, 0.5) is 0 Å². The van der Waals surface area contributed by atoms with Crippen LogP contribution in [0.25, 0.3) is 10.1 Å². The van der Waals surface area contributed by atoms with Gasteiger partial charge in [0.25, 0.3) is 5.91 Å². The Morgan fingerprint density at radius 2 is 1.64 bits per heavy atom. The van der Waals surface area contributed by atoms with Crippen LogP contribution in [-0.2, 0) is 9.59 Å². The van der Waals surface area contributed by atoms with Crippen LogP contribution >= 0.6 is 46.1 Å². The van der Waals surface area contributed by atoms with Gasteiger partial charge in [-0.25, -0.2) is 0 Å². The standard InChI is InChI=1S/C18H18Cl3N3O3S/c1-9(2)22-16(25)18(27)24-5-3-23(4-6-24)17(26)15-14(21)13-11(20)7-10(19)8-12(13)28-15/h7-9H,3-6H2,1-2H3,(H,22,25). The van der Waals surface area contributed by atoms with E-state index in [2.05, 4.69) is 5.32 Å². The zero-order valence-electron chi connectivity index (χ0n) is 15.2.